The van der Waals surface area contributed by atoms with E-state index in [1.54, 1.807) is 18.2 Å². The van der Waals surface area contributed by atoms with E-state index in [1.807, 2.05) is 0 Å². The van der Waals surface area contributed by atoms with Crippen molar-refractivity contribution in [2.24, 2.45) is 0 Å². The third kappa shape index (κ3) is 3.66. The highest BCUT2D eigenvalue weighted by Gasteiger charge is 2.10. The number of aromatic amines is 1. The predicted molar refractivity (Wildman–Crippen MR) is 98.4 cm³/mol. The first kappa shape index (κ1) is 16.7. The van der Waals surface area contributed by atoms with E-state index < -0.39 is 0 Å². The van der Waals surface area contributed by atoms with Gasteiger partial charge in [0.25, 0.3) is 5.56 Å². The maximum Gasteiger partial charge on any atom is 0.258 e. The molecule has 0 saturated heterocycles. The number of hydrogen-bond donors (Lipinski definition) is 2. The van der Waals surface area contributed by atoms with Gasteiger partial charge in [0, 0.05) is 11.1 Å². The van der Waals surface area contributed by atoms with Gasteiger partial charge in [-0.05, 0) is 37.1 Å². The van der Waals surface area contributed by atoms with Crippen LogP contribution in [0.15, 0.2) is 47.3 Å². The molecule has 1 heterocycles. The van der Waals surface area contributed by atoms with E-state index in [0.29, 0.717) is 28.3 Å². The molecule has 0 spiro atoms. The van der Waals surface area contributed by atoms with E-state index in [0.717, 1.165) is 6.42 Å². The molecule has 1 atom stereocenters. The molecule has 0 bridgehead atoms. The third-order valence-corrected chi connectivity index (χ3v) is 4.36. The van der Waals surface area contributed by atoms with Crippen LogP contribution < -0.4 is 10.9 Å². The number of hydrogen-bond acceptors (Lipinski definition) is 3. The van der Waals surface area contributed by atoms with Gasteiger partial charge in [-0.15, -0.1) is 0 Å². The Morgan fingerprint density at radius 2 is 1.96 bits per heavy atom. The molecule has 3 aromatic rings. The molecule has 2 aromatic carbocycles. The van der Waals surface area contributed by atoms with Gasteiger partial charge in [0.2, 0.25) is 0 Å². The molecule has 3 rings (SSSR count). The first-order chi connectivity index (χ1) is 11.6. The number of rotatable bonds is 5. The summed E-state index contributed by atoms with van der Waals surface area (Å²) in [5.74, 6) is 0.625. The summed E-state index contributed by atoms with van der Waals surface area (Å²) < 4.78 is 0. The fourth-order valence-corrected chi connectivity index (χ4v) is 2.93. The molecule has 4 nitrogen and oxygen atoms in total. The van der Waals surface area contributed by atoms with Crippen LogP contribution >= 0.6 is 11.6 Å². The molecule has 0 radical (unpaired) electrons. The largest absolute Gasteiger partial charge is 0.309 e. The maximum absolute atomic E-state index is 12.2. The van der Waals surface area contributed by atoms with Crippen molar-refractivity contribution in [2.75, 3.05) is 0 Å². The van der Waals surface area contributed by atoms with Crippen LogP contribution in [-0.2, 0) is 6.54 Å². The van der Waals surface area contributed by atoms with Crippen molar-refractivity contribution in [1.82, 2.24) is 15.3 Å². The lowest BCUT2D eigenvalue weighted by molar-refractivity contribution is 0.508. The van der Waals surface area contributed by atoms with Gasteiger partial charge in [-0.1, -0.05) is 48.4 Å². The van der Waals surface area contributed by atoms with Crippen LogP contribution in [0.2, 0.25) is 5.02 Å². The standard InChI is InChI=1S/C19H20ClN3O/c1-3-16(13-6-4-12(2)5-7-13)21-11-18-22-17-9-8-14(20)10-15(17)19(24)23-18/h4-10,16,21H,3,11H2,1-2H3,(H,22,23,24). The van der Waals surface area contributed by atoms with Crippen LogP contribution in [0.3, 0.4) is 0 Å². The summed E-state index contributed by atoms with van der Waals surface area (Å²) in [6, 6.07) is 13.9. The lowest BCUT2D eigenvalue weighted by Gasteiger charge is -2.17. The minimum absolute atomic E-state index is 0.164. The van der Waals surface area contributed by atoms with E-state index in [9.17, 15) is 4.79 Å². The Morgan fingerprint density at radius 3 is 2.67 bits per heavy atom. The van der Waals surface area contributed by atoms with Crippen molar-refractivity contribution in [1.29, 1.82) is 0 Å². The Balaban J connectivity index is 1.80. The van der Waals surface area contributed by atoms with Gasteiger partial charge in [-0.3, -0.25) is 4.79 Å². The highest BCUT2D eigenvalue weighted by Crippen LogP contribution is 2.18. The molecule has 0 amide bonds. The summed E-state index contributed by atoms with van der Waals surface area (Å²) in [6.45, 7) is 4.71. The summed E-state index contributed by atoms with van der Waals surface area (Å²) in [5, 5.41) is 4.51. The summed E-state index contributed by atoms with van der Waals surface area (Å²) in [7, 11) is 0. The van der Waals surface area contributed by atoms with Crippen LogP contribution in [0.1, 0.15) is 36.3 Å². The second-order valence-corrected chi connectivity index (χ2v) is 6.36. The lowest BCUT2D eigenvalue weighted by Crippen LogP contribution is -2.23. The fourth-order valence-electron chi connectivity index (χ4n) is 2.76. The van der Waals surface area contributed by atoms with Crippen LogP contribution in [0.25, 0.3) is 10.9 Å². The average molecular weight is 342 g/mol. The first-order valence-corrected chi connectivity index (χ1v) is 8.43. The molecule has 0 aliphatic rings. The number of benzene rings is 2. The maximum atomic E-state index is 12.2. The van der Waals surface area contributed by atoms with E-state index in [1.165, 1.54) is 11.1 Å². The van der Waals surface area contributed by atoms with Gasteiger partial charge in [0.1, 0.15) is 5.82 Å². The van der Waals surface area contributed by atoms with Gasteiger partial charge in [0.15, 0.2) is 0 Å². The number of halogens is 1. The second kappa shape index (κ2) is 7.16. The molecule has 0 fully saturated rings. The van der Waals surface area contributed by atoms with Crippen molar-refractivity contribution in [3.8, 4) is 0 Å². The SMILES string of the molecule is CCC(NCc1nc2ccc(Cl)cc2c(=O)[nH]1)c1ccc(C)cc1. The van der Waals surface area contributed by atoms with Crippen LogP contribution in [0.4, 0.5) is 0 Å². The smallest absolute Gasteiger partial charge is 0.258 e. The second-order valence-electron chi connectivity index (χ2n) is 5.93. The van der Waals surface area contributed by atoms with Crippen LogP contribution in [-0.4, -0.2) is 9.97 Å². The van der Waals surface area contributed by atoms with Crippen molar-refractivity contribution < 1.29 is 0 Å². The zero-order valence-corrected chi connectivity index (χ0v) is 14.5. The van der Waals surface area contributed by atoms with Gasteiger partial charge in [-0.2, -0.15) is 0 Å². The molecular formula is C19H20ClN3O. The van der Waals surface area contributed by atoms with Gasteiger partial charge < -0.3 is 10.3 Å². The van der Waals surface area contributed by atoms with Crippen molar-refractivity contribution in [2.45, 2.75) is 32.9 Å². The molecule has 24 heavy (non-hydrogen) atoms. The fraction of sp³-hybridized carbons (Fsp3) is 0.263. The van der Waals surface area contributed by atoms with Gasteiger partial charge in [-0.25, -0.2) is 4.98 Å². The van der Waals surface area contributed by atoms with E-state index in [-0.39, 0.29) is 11.6 Å². The van der Waals surface area contributed by atoms with E-state index >= 15 is 0 Å². The Hall–Kier alpha value is -2.17. The predicted octanol–water partition coefficient (Wildman–Crippen LogP) is 4.13. The minimum Gasteiger partial charge on any atom is -0.309 e. The number of aromatic nitrogens is 2. The van der Waals surface area contributed by atoms with Gasteiger partial charge in [0.05, 0.1) is 17.4 Å². The minimum atomic E-state index is -0.164. The molecule has 0 aliphatic heterocycles. The topological polar surface area (TPSA) is 57.8 Å². The quantitative estimate of drug-likeness (QED) is 0.733. The summed E-state index contributed by atoms with van der Waals surface area (Å²) >= 11 is 5.94. The average Bonchev–Trinajstić information content (AvgIpc) is 2.57. The van der Waals surface area contributed by atoms with E-state index in [2.05, 4.69) is 53.4 Å². The zero-order valence-electron chi connectivity index (χ0n) is 13.8. The summed E-state index contributed by atoms with van der Waals surface area (Å²) in [5.41, 5.74) is 2.97. The monoisotopic (exact) mass is 341 g/mol. The lowest BCUT2D eigenvalue weighted by atomic mass is 10.0. The number of H-pyrrole nitrogens is 1. The van der Waals surface area contributed by atoms with Crippen LogP contribution in [0, 0.1) is 6.92 Å². The Morgan fingerprint density at radius 1 is 1.21 bits per heavy atom. The molecule has 1 aromatic heterocycles. The van der Waals surface area contributed by atoms with Crippen molar-refractivity contribution in [3.63, 3.8) is 0 Å². The molecule has 5 heteroatoms. The molecule has 2 N–H and O–H groups in total. The molecule has 1 unspecified atom stereocenters. The third-order valence-electron chi connectivity index (χ3n) is 4.12. The van der Waals surface area contributed by atoms with Gasteiger partial charge >= 0.3 is 0 Å². The molecular weight excluding hydrogens is 322 g/mol. The Labute approximate surface area is 145 Å². The van der Waals surface area contributed by atoms with Crippen molar-refractivity contribution >= 4 is 22.5 Å². The number of nitrogens with zero attached hydrogens (tertiary/aromatic N) is 1. The molecule has 0 saturated carbocycles. The summed E-state index contributed by atoms with van der Waals surface area (Å²) in [4.78, 5) is 19.5. The number of fused-ring (bicyclic) bond motifs is 1. The van der Waals surface area contributed by atoms with Crippen molar-refractivity contribution in [3.05, 3.63) is 74.8 Å². The zero-order chi connectivity index (χ0) is 17.1. The highest BCUT2D eigenvalue weighted by molar-refractivity contribution is 6.31. The molecule has 0 aliphatic carbocycles. The van der Waals surface area contributed by atoms with E-state index in [4.69, 9.17) is 11.6 Å². The highest BCUT2D eigenvalue weighted by atomic mass is 35.5. The number of aryl methyl sites for hydroxylation is 1. The summed E-state index contributed by atoms with van der Waals surface area (Å²) in [6.07, 6.45) is 0.955. The first-order valence-electron chi connectivity index (χ1n) is 8.05. The number of nitrogens with one attached hydrogen (secondary N) is 2. The van der Waals surface area contributed by atoms with Crippen LogP contribution in [0.5, 0.6) is 0 Å². The molecule has 124 valence electrons. The Kier molecular flexibility index (Phi) is 4.97. The normalized spacial score (nSPS) is 12.5. The Bertz CT molecular complexity index is 903.